The van der Waals surface area contributed by atoms with Gasteiger partial charge in [0.1, 0.15) is 5.69 Å². The van der Waals surface area contributed by atoms with Gasteiger partial charge in [0.15, 0.2) is 0 Å². The molecule has 0 aliphatic heterocycles. The van der Waals surface area contributed by atoms with Crippen LogP contribution in [0.2, 0.25) is 5.02 Å². The fraction of sp³-hybridized carbons (Fsp3) is 0.318. The minimum Gasteiger partial charge on any atom is -0.352 e. The van der Waals surface area contributed by atoms with Crippen LogP contribution in [-0.2, 0) is 0 Å². The molecule has 0 atom stereocenters. The quantitative estimate of drug-likeness (QED) is 0.680. The Morgan fingerprint density at radius 1 is 1.18 bits per heavy atom. The predicted molar refractivity (Wildman–Crippen MR) is 112 cm³/mol. The van der Waals surface area contributed by atoms with E-state index in [0.717, 1.165) is 24.8 Å². The summed E-state index contributed by atoms with van der Waals surface area (Å²) in [5.74, 6) is -0.584. The molecule has 0 bridgehead atoms. The molecule has 1 aliphatic rings. The van der Waals surface area contributed by atoms with Gasteiger partial charge < -0.3 is 10.6 Å². The number of nitrogens with zero attached hydrogens (tertiary/aromatic N) is 1. The van der Waals surface area contributed by atoms with Gasteiger partial charge in [-0.25, -0.2) is 0 Å². The molecular weight excluding hydrogens is 374 g/mol. The molecule has 0 saturated heterocycles. The number of anilines is 1. The zero-order valence-electron chi connectivity index (χ0n) is 15.9. The molecule has 5 nitrogen and oxygen atoms in total. The fourth-order valence-electron chi connectivity index (χ4n) is 3.20. The van der Waals surface area contributed by atoms with E-state index in [9.17, 15) is 9.59 Å². The Morgan fingerprint density at radius 2 is 2.04 bits per heavy atom. The van der Waals surface area contributed by atoms with Gasteiger partial charge in [-0.3, -0.25) is 14.6 Å². The number of carbonyl (C=O) groups is 2. The van der Waals surface area contributed by atoms with Gasteiger partial charge in [-0.1, -0.05) is 29.3 Å². The first-order valence-electron chi connectivity index (χ1n) is 9.53. The summed E-state index contributed by atoms with van der Waals surface area (Å²) in [6.45, 7) is 2.42. The van der Waals surface area contributed by atoms with Gasteiger partial charge in [-0.15, -0.1) is 0 Å². The Hall–Kier alpha value is -2.66. The highest BCUT2D eigenvalue weighted by Crippen LogP contribution is 2.23. The summed E-state index contributed by atoms with van der Waals surface area (Å²) in [4.78, 5) is 29.0. The summed E-state index contributed by atoms with van der Waals surface area (Å²) in [5, 5.41) is 6.29. The van der Waals surface area contributed by atoms with Crippen molar-refractivity contribution in [2.45, 2.75) is 39.0 Å². The van der Waals surface area contributed by atoms with Crippen molar-refractivity contribution in [1.29, 1.82) is 0 Å². The number of aromatic nitrogens is 1. The largest absolute Gasteiger partial charge is 0.352 e. The van der Waals surface area contributed by atoms with Crippen molar-refractivity contribution in [3.05, 3.63) is 70.0 Å². The van der Waals surface area contributed by atoms with Gasteiger partial charge >= 0.3 is 0 Å². The van der Waals surface area contributed by atoms with Gasteiger partial charge in [-0.05, 0) is 68.9 Å². The Kier molecular flexibility index (Phi) is 6.82. The lowest BCUT2D eigenvalue weighted by molar-refractivity contribution is 0.0954. The zero-order chi connectivity index (χ0) is 19.9. The second-order valence-corrected chi connectivity index (χ2v) is 7.32. The highest BCUT2D eigenvalue weighted by Gasteiger charge is 2.14. The summed E-state index contributed by atoms with van der Waals surface area (Å²) in [6, 6.07) is 8.42. The van der Waals surface area contributed by atoms with Gasteiger partial charge in [-0.2, -0.15) is 0 Å². The lowest BCUT2D eigenvalue weighted by Gasteiger charge is -2.13. The SMILES string of the molecule is Cc1c(Cl)cccc1NC(=O)c1cc(C(=O)NCCC2=CCCCC2)ccn1. The van der Waals surface area contributed by atoms with E-state index in [0.29, 0.717) is 22.8 Å². The predicted octanol–water partition coefficient (Wildman–Crippen LogP) is 4.92. The summed E-state index contributed by atoms with van der Waals surface area (Å²) in [6.07, 6.45) is 9.37. The first-order valence-corrected chi connectivity index (χ1v) is 9.91. The van der Waals surface area contributed by atoms with Crippen LogP contribution >= 0.6 is 11.6 Å². The molecule has 0 radical (unpaired) electrons. The lowest BCUT2D eigenvalue weighted by atomic mass is 9.97. The molecule has 1 aromatic heterocycles. The van der Waals surface area contributed by atoms with Crippen LogP contribution in [0.1, 0.15) is 58.5 Å². The number of pyridine rings is 1. The third-order valence-electron chi connectivity index (χ3n) is 4.89. The Morgan fingerprint density at radius 3 is 2.82 bits per heavy atom. The van der Waals surface area contributed by atoms with E-state index < -0.39 is 0 Å². The molecule has 0 fully saturated rings. The van der Waals surface area contributed by atoms with Gasteiger partial charge in [0, 0.05) is 29.0 Å². The topological polar surface area (TPSA) is 71.1 Å². The number of rotatable bonds is 6. The van der Waals surface area contributed by atoms with Crippen LogP contribution in [0.25, 0.3) is 0 Å². The van der Waals surface area contributed by atoms with E-state index in [1.54, 1.807) is 24.3 Å². The van der Waals surface area contributed by atoms with Crippen LogP contribution in [0.4, 0.5) is 5.69 Å². The van der Waals surface area contributed by atoms with Crippen LogP contribution in [0.15, 0.2) is 48.2 Å². The summed E-state index contributed by atoms with van der Waals surface area (Å²) >= 11 is 6.09. The maximum absolute atomic E-state index is 12.5. The number of hydrogen-bond donors (Lipinski definition) is 2. The third kappa shape index (κ3) is 5.20. The van der Waals surface area contributed by atoms with Crippen molar-refractivity contribution in [2.24, 2.45) is 0 Å². The number of allylic oxidation sites excluding steroid dienone is 1. The number of amides is 2. The van der Waals surface area contributed by atoms with E-state index in [1.807, 2.05) is 6.92 Å². The van der Waals surface area contributed by atoms with Crippen molar-refractivity contribution in [2.75, 3.05) is 11.9 Å². The standard InChI is InChI=1S/C22H24ClN3O2/c1-15-18(23)8-5-9-19(15)26-22(28)20-14-17(11-13-24-20)21(27)25-12-10-16-6-3-2-4-7-16/h5-6,8-9,11,13-14H,2-4,7,10,12H2,1H3,(H,25,27)(H,26,28). The molecule has 0 saturated carbocycles. The third-order valence-corrected chi connectivity index (χ3v) is 5.30. The van der Waals surface area contributed by atoms with E-state index in [4.69, 9.17) is 11.6 Å². The molecule has 2 N–H and O–H groups in total. The van der Waals surface area contributed by atoms with Crippen molar-refractivity contribution < 1.29 is 9.59 Å². The lowest BCUT2D eigenvalue weighted by Crippen LogP contribution is -2.25. The minimum absolute atomic E-state index is 0.182. The molecule has 0 unspecified atom stereocenters. The fourth-order valence-corrected chi connectivity index (χ4v) is 3.37. The zero-order valence-corrected chi connectivity index (χ0v) is 16.7. The van der Waals surface area contributed by atoms with Crippen molar-refractivity contribution in [3.63, 3.8) is 0 Å². The normalized spacial score (nSPS) is 13.6. The second kappa shape index (κ2) is 9.51. The second-order valence-electron chi connectivity index (χ2n) is 6.91. The number of hydrogen-bond acceptors (Lipinski definition) is 3. The van der Waals surface area contributed by atoms with Crippen LogP contribution in [0.3, 0.4) is 0 Å². The molecule has 2 aromatic rings. The summed E-state index contributed by atoms with van der Waals surface area (Å²) in [5.41, 5.74) is 3.42. The number of benzene rings is 1. The summed E-state index contributed by atoms with van der Waals surface area (Å²) < 4.78 is 0. The molecule has 1 heterocycles. The Labute approximate surface area is 170 Å². The first kappa shape index (κ1) is 20.1. The van der Waals surface area contributed by atoms with Gasteiger partial charge in [0.2, 0.25) is 0 Å². The van der Waals surface area contributed by atoms with Crippen molar-refractivity contribution in [1.82, 2.24) is 10.3 Å². The highest BCUT2D eigenvalue weighted by molar-refractivity contribution is 6.31. The molecule has 6 heteroatoms. The molecule has 1 aliphatic carbocycles. The van der Waals surface area contributed by atoms with Gasteiger partial charge in [0.25, 0.3) is 11.8 Å². The van der Waals surface area contributed by atoms with Crippen LogP contribution in [0.5, 0.6) is 0 Å². The van der Waals surface area contributed by atoms with E-state index in [-0.39, 0.29) is 17.5 Å². The molecule has 1 aromatic carbocycles. The number of nitrogens with one attached hydrogen (secondary N) is 2. The minimum atomic E-state index is -0.382. The smallest absolute Gasteiger partial charge is 0.274 e. The van der Waals surface area contributed by atoms with E-state index in [1.165, 1.54) is 30.7 Å². The average molecular weight is 398 g/mol. The van der Waals surface area contributed by atoms with Crippen molar-refractivity contribution in [3.8, 4) is 0 Å². The number of carbonyl (C=O) groups excluding carboxylic acids is 2. The maximum atomic E-state index is 12.5. The number of halogens is 1. The highest BCUT2D eigenvalue weighted by atomic mass is 35.5. The molecule has 2 amide bonds. The molecule has 146 valence electrons. The maximum Gasteiger partial charge on any atom is 0.274 e. The Balaban J connectivity index is 1.61. The van der Waals surface area contributed by atoms with Crippen molar-refractivity contribution >= 4 is 29.1 Å². The molecule has 0 spiro atoms. The molecular formula is C22H24ClN3O2. The Bertz CT molecular complexity index is 908. The average Bonchev–Trinajstić information content (AvgIpc) is 2.72. The van der Waals surface area contributed by atoms with E-state index in [2.05, 4.69) is 21.7 Å². The van der Waals surface area contributed by atoms with Gasteiger partial charge in [0.05, 0.1) is 0 Å². The molecule has 28 heavy (non-hydrogen) atoms. The monoisotopic (exact) mass is 397 g/mol. The van der Waals surface area contributed by atoms with E-state index >= 15 is 0 Å². The van der Waals surface area contributed by atoms with Crippen LogP contribution in [-0.4, -0.2) is 23.3 Å². The first-order chi connectivity index (χ1) is 13.5. The van der Waals surface area contributed by atoms with Crippen LogP contribution < -0.4 is 10.6 Å². The summed E-state index contributed by atoms with van der Waals surface area (Å²) in [7, 11) is 0. The molecule has 3 rings (SSSR count). The van der Waals surface area contributed by atoms with Crippen LogP contribution in [0, 0.1) is 6.92 Å².